The lowest BCUT2D eigenvalue weighted by molar-refractivity contribution is 0.730. The predicted octanol–water partition coefficient (Wildman–Crippen LogP) is 3.04. The zero-order valence-corrected chi connectivity index (χ0v) is 8.35. The van der Waals surface area contributed by atoms with Crippen LogP contribution in [0, 0.1) is 12.0 Å². The fourth-order valence-corrected chi connectivity index (χ4v) is 2.05. The van der Waals surface area contributed by atoms with Gasteiger partial charge < -0.3 is 5.32 Å². The van der Waals surface area contributed by atoms with Crippen LogP contribution in [0.1, 0.15) is 5.56 Å². The molecule has 1 heterocycles. The molecule has 0 saturated carbocycles. The van der Waals surface area contributed by atoms with Crippen LogP contribution in [0.2, 0.25) is 0 Å². The van der Waals surface area contributed by atoms with E-state index in [0.29, 0.717) is 12.0 Å². The van der Waals surface area contributed by atoms with E-state index in [2.05, 4.69) is 60.0 Å². The molecular formula is C14H12N. The minimum absolute atomic E-state index is 0.342. The summed E-state index contributed by atoms with van der Waals surface area (Å²) in [5, 5.41) is 3.53. The minimum Gasteiger partial charge on any atom is -0.377 e. The Kier molecular flexibility index (Phi) is 1.95. The number of para-hydroxylation sites is 1. The van der Waals surface area contributed by atoms with Gasteiger partial charge >= 0.3 is 0 Å². The molecule has 0 bridgehead atoms. The number of nitrogens with one attached hydrogen (secondary N) is 1. The quantitative estimate of drug-likeness (QED) is 0.669. The summed E-state index contributed by atoms with van der Waals surface area (Å²) in [6.45, 7) is 0. The highest BCUT2D eigenvalue weighted by molar-refractivity contribution is 5.69. The van der Waals surface area contributed by atoms with Gasteiger partial charge in [0.25, 0.3) is 0 Å². The summed E-state index contributed by atoms with van der Waals surface area (Å²) in [6, 6.07) is 8.72. The zero-order valence-electron chi connectivity index (χ0n) is 8.35. The van der Waals surface area contributed by atoms with Crippen LogP contribution in [-0.2, 0) is 0 Å². The largest absolute Gasteiger partial charge is 0.377 e. The molecule has 1 aliphatic carbocycles. The molecule has 0 saturated heterocycles. The molecule has 0 amide bonds. The summed E-state index contributed by atoms with van der Waals surface area (Å²) in [6.07, 6.45) is 13.8. The molecule has 0 aromatic heterocycles. The third kappa shape index (κ3) is 1.50. The van der Waals surface area contributed by atoms with Crippen LogP contribution >= 0.6 is 0 Å². The Morgan fingerprint density at radius 2 is 2.07 bits per heavy atom. The van der Waals surface area contributed by atoms with Crippen molar-refractivity contribution in [2.75, 3.05) is 5.32 Å². The van der Waals surface area contributed by atoms with Gasteiger partial charge in [-0.25, -0.2) is 0 Å². The molecular weight excluding hydrogens is 182 g/mol. The van der Waals surface area contributed by atoms with Gasteiger partial charge in [-0.2, -0.15) is 0 Å². The molecule has 1 nitrogen and oxygen atoms in total. The first-order chi connectivity index (χ1) is 7.43. The van der Waals surface area contributed by atoms with Crippen LogP contribution in [-0.4, -0.2) is 6.04 Å². The molecule has 2 atom stereocenters. The Bertz CT molecular complexity index is 454. The van der Waals surface area contributed by atoms with Gasteiger partial charge in [-0.3, -0.25) is 0 Å². The zero-order chi connectivity index (χ0) is 10.1. The summed E-state index contributed by atoms with van der Waals surface area (Å²) < 4.78 is 0. The number of benzene rings is 1. The first-order valence-corrected chi connectivity index (χ1v) is 5.23. The van der Waals surface area contributed by atoms with Gasteiger partial charge in [-0.1, -0.05) is 48.6 Å². The van der Waals surface area contributed by atoms with E-state index in [-0.39, 0.29) is 0 Å². The van der Waals surface area contributed by atoms with E-state index in [1.54, 1.807) is 0 Å². The van der Waals surface area contributed by atoms with E-state index in [1.807, 2.05) is 6.08 Å². The lowest BCUT2D eigenvalue weighted by atomic mass is 9.95. The second kappa shape index (κ2) is 3.43. The van der Waals surface area contributed by atoms with E-state index in [4.69, 9.17) is 0 Å². The van der Waals surface area contributed by atoms with Crippen LogP contribution in [0.15, 0.2) is 48.6 Å². The van der Waals surface area contributed by atoms with Gasteiger partial charge in [-0.15, -0.1) is 0 Å². The third-order valence-corrected chi connectivity index (χ3v) is 2.89. The highest BCUT2D eigenvalue weighted by atomic mass is 14.9. The number of anilines is 1. The van der Waals surface area contributed by atoms with Gasteiger partial charge in [0.1, 0.15) is 0 Å². The monoisotopic (exact) mass is 194 g/mol. The molecule has 1 radical (unpaired) electrons. The van der Waals surface area contributed by atoms with Crippen molar-refractivity contribution in [2.45, 2.75) is 6.04 Å². The standard InChI is InChI=1S/C14H12N/c1-3-7-13-11(5-1)9-10-12-6-2-4-8-14(12)15-13/h1-3,5-10,12,14-15H. The van der Waals surface area contributed by atoms with Gasteiger partial charge in [-0.05, 0) is 17.7 Å². The van der Waals surface area contributed by atoms with Crippen molar-refractivity contribution in [3.63, 3.8) is 0 Å². The fraction of sp³-hybridized carbons (Fsp3) is 0.143. The second-order valence-corrected chi connectivity index (χ2v) is 3.89. The maximum atomic E-state index is 3.53. The second-order valence-electron chi connectivity index (χ2n) is 3.89. The van der Waals surface area contributed by atoms with Crippen molar-refractivity contribution in [3.05, 3.63) is 60.2 Å². The summed E-state index contributed by atoms with van der Waals surface area (Å²) in [5.41, 5.74) is 2.46. The highest BCUT2D eigenvalue weighted by Gasteiger charge is 2.19. The topological polar surface area (TPSA) is 12.0 Å². The van der Waals surface area contributed by atoms with Gasteiger partial charge in [0.2, 0.25) is 0 Å². The summed E-state index contributed by atoms with van der Waals surface area (Å²) in [7, 11) is 0. The molecule has 2 aliphatic rings. The Balaban J connectivity index is 2.04. The van der Waals surface area contributed by atoms with Crippen molar-refractivity contribution >= 4 is 11.8 Å². The molecule has 73 valence electrons. The molecule has 1 aromatic rings. The molecule has 1 aromatic carbocycles. The van der Waals surface area contributed by atoms with E-state index in [0.717, 1.165) is 0 Å². The average Bonchev–Trinajstić information content (AvgIpc) is 2.48. The maximum Gasteiger partial charge on any atom is 0.0551 e. The Morgan fingerprint density at radius 3 is 3.07 bits per heavy atom. The molecule has 2 unspecified atom stereocenters. The van der Waals surface area contributed by atoms with Crippen molar-refractivity contribution in [2.24, 2.45) is 5.92 Å². The smallest absolute Gasteiger partial charge is 0.0551 e. The Morgan fingerprint density at radius 1 is 1.13 bits per heavy atom. The SMILES string of the molecule is [C]1=CC2Nc3ccccc3C=CC2C=C1. The first kappa shape index (κ1) is 8.54. The van der Waals surface area contributed by atoms with Crippen LogP contribution in [0.4, 0.5) is 5.69 Å². The number of rotatable bonds is 0. The van der Waals surface area contributed by atoms with E-state index in [1.165, 1.54) is 11.3 Å². The number of hydrogen-bond acceptors (Lipinski definition) is 1. The Labute approximate surface area is 89.8 Å². The molecule has 0 fully saturated rings. The summed E-state index contributed by atoms with van der Waals surface area (Å²) in [5.74, 6) is 0.443. The minimum atomic E-state index is 0.342. The number of fused-ring (bicyclic) bond motifs is 2. The highest BCUT2D eigenvalue weighted by Crippen LogP contribution is 2.27. The van der Waals surface area contributed by atoms with Gasteiger partial charge in [0, 0.05) is 11.6 Å². The fourth-order valence-electron chi connectivity index (χ4n) is 2.05. The summed E-state index contributed by atoms with van der Waals surface area (Å²) >= 11 is 0. The molecule has 0 spiro atoms. The maximum absolute atomic E-state index is 3.53. The van der Waals surface area contributed by atoms with Crippen LogP contribution in [0.3, 0.4) is 0 Å². The lowest BCUT2D eigenvalue weighted by Crippen LogP contribution is -2.25. The van der Waals surface area contributed by atoms with E-state index < -0.39 is 0 Å². The third-order valence-electron chi connectivity index (χ3n) is 2.89. The molecule has 3 rings (SSSR count). The van der Waals surface area contributed by atoms with Crippen LogP contribution < -0.4 is 5.32 Å². The predicted molar refractivity (Wildman–Crippen MR) is 63.3 cm³/mol. The van der Waals surface area contributed by atoms with Crippen LogP contribution in [0.5, 0.6) is 0 Å². The normalized spacial score (nSPS) is 26.4. The van der Waals surface area contributed by atoms with E-state index >= 15 is 0 Å². The van der Waals surface area contributed by atoms with Gasteiger partial charge in [0.15, 0.2) is 0 Å². The van der Waals surface area contributed by atoms with Crippen molar-refractivity contribution < 1.29 is 0 Å². The summed E-state index contributed by atoms with van der Waals surface area (Å²) in [4.78, 5) is 0. The number of hydrogen-bond donors (Lipinski definition) is 1. The molecule has 15 heavy (non-hydrogen) atoms. The number of allylic oxidation sites excluding steroid dienone is 2. The first-order valence-electron chi connectivity index (χ1n) is 5.23. The van der Waals surface area contributed by atoms with Crippen molar-refractivity contribution in [1.29, 1.82) is 0 Å². The molecule has 1 aliphatic heterocycles. The lowest BCUT2D eigenvalue weighted by Gasteiger charge is -2.21. The van der Waals surface area contributed by atoms with Gasteiger partial charge in [0.05, 0.1) is 6.04 Å². The average molecular weight is 194 g/mol. The van der Waals surface area contributed by atoms with E-state index in [9.17, 15) is 0 Å². The Hall–Kier alpha value is -1.76. The molecule has 1 heteroatoms. The van der Waals surface area contributed by atoms with Crippen molar-refractivity contribution in [3.8, 4) is 0 Å². The van der Waals surface area contributed by atoms with Crippen LogP contribution in [0.25, 0.3) is 6.08 Å². The van der Waals surface area contributed by atoms with Crippen molar-refractivity contribution in [1.82, 2.24) is 0 Å². The molecule has 1 N–H and O–H groups in total.